The highest BCUT2D eigenvalue weighted by molar-refractivity contribution is 6.28. The van der Waals surface area contributed by atoms with Crippen LogP contribution in [0.1, 0.15) is 35.9 Å². The molecule has 1 heterocycles. The first-order valence-electron chi connectivity index (χ1n) is 5.50. The van der Waals surface area contributed by atoms with E-state index in [1.54, 1.807) is 13.0 Å². The monoisotopic (exact) mass is 257 g/mol. The summed E-state index contributed by atoms with van der Waals surface area (Å²) in [6.45, 7) is 4.04. The summed E-state index contributed by atoms with van der Waals surface area (Å²) in [6.07, 6.45) is 0.819. The SMILES string of the molecule is CCC(O)CCNC(=O)c1cc(C)nc(Cl)n1. The van der Waals surface area contributed by atoms with Crippen molar-refractivity contribution in [2.45, 2.75) is 32.8 Å². The van der Waals surface area contributed by atoms with Crippen LogP contribution in [0.5, 0.6) is 0 Å². The number of aliphatic hydroxyl groups excluding tert-OH is 1. The number of nitrogens with one attached hydrogen (secondary N) is 1. The molecule has 6 heteroatoms. The molecule has 1 rings (SSSR count). The van der Waals surface area contributed by atoms with Gasteiger partial charge >= 0.3 is 0 Å². The number of halogens is 1. The zero-order valence-corrected chi connectivity index (χ0v) is 10.7. The molecule has 0 spiro atoms. The highest BCUT2D eigenvalue weighted by atomic mass is 35.5. The Morgan fingerprint density at radius 2 is 2.29 bits per heavy atom. The number of carbonyl (C=O) groups excluding carboxylic acids is 1. The fraction of sp³-hybridized carbons (Fsp3) is 0.545. The third-order valence-electron chi connectivity index (χ3n) is 2.29. The van der Waals surface area contributed by atoms with Gasteiger partial charge in [-0.15, -0.1) is 0 Å². The standard InChI is InChI=1S/C11H16ClN3O2/c1-3-8(16)4-5-13-10(17)9-6-7(2)14-11(12)15-9/h6,8,16H,3-5H2,1-2H3,(H,13,17). The van der Waals surface area contributed by atoms with E-state index in [0.29, 0.717) is 25.1 Å². The highest BCUT2D eigenvalue weighted by Gasteiger charge is 2.10. The van der Waals surface area contributed by atoms with Crippen LogP contribution < -0.4 is 5.32 Å². The predicted molar refractivity (Wildman–Crippen MR) is 65.0 cm³/mol. The van der Waals surface area contributed by atoms with E-state index in [1.807, 2.05) is 6.92 Å². The van der Waals surface area contributed by atoms with E-state index in [0.717, 1.165) is 0 Å². The third kappa shape index (κ3) is 4.66. The number of carbonyl (C=O) groups is 1. The molecule has 5 nitrogen and oxygen atoms in total. The molecule has 17 heavy (non-hydrogen) atoms. The summed E-state index contributed by atoms with van der Waals surface area (Å²) in [5.74, 6) is -0.305. The van der Waals surface area contributed by atoms with Crippen molar-refractivity contribution in [2.24, 2.45) is 0 Å². The average Bonchev–Trinajstić information content (AvgIpc) is 2.27. The molecule has 2 N–H and O–H groups in total. The highest BCUT2D eigenvalue weighted by Crippen LogP contribution is 2.05. The minimum Gasteiger partial charge on any atom is -0.393 e. The van der Waals surface area contributed by atoms with E-state index in [4.69, 9.17) is 11.6 Å². The van der Waals surface area contributed by atoms with Gasteiger partial charge in [0.2, 0.25) is 5.28 Å². The van der Waals surface area contributed by atoms with Crippen molar-refractivity contribution < 1.29 is 9.90 Å². The van der Waals surface area contributed by atoms with Gasteiger partial charge in [-0.2, -0.15) is 0 Å². The molecular formula is C11H16ClN3O2. The van der Waals surface area contributed by atoms with Gasteiger partial charge in [-0.3, -0.25) is 4.79 Å². The summed E-state index contributed by atoms with van der Waals surface area (Å²) in [4.78, 5) is 19.4. The third-order valence-corrected chi connectivity index (χ3v) is 2.46. The van der Waals surface area contributed by atoms with Crippen LogP contribution in [0, 0.1) is 6.92 Å². The van der Waals surface area contributed by atoms with Crippen LogP contribution in [-0.2, 0) is 0 Å². The lowest BCUT2D eigenvalue weighted by Crippen LogP contribution is -2.28. The quantitative estimate of drug-likeness (QED) is 0.781. The second kappa shape index (κ2) is 6.51. The van der Waals surface area contributed by atoms with E-state index >= 15 is 0 Å². The van der Waals surface area contributed by atoms with Crippen molar-refractivity contribution in [1.29, 1.82) is 0 Å². The molecule has 0 saturated heterocycles. The molecule has 0 aliphatic carbocycles. The number of hydrogen-bond donors (Lipinski definition) is 2. The first kappa shape index (κ1) is 13.9. The Labute approximate surface area is 105 Å². The van der Waals surface area contributed by atoms with Gasteiger partial charge in [-0.05, 0) is 37.4 Å². The van der Waals surface area contributed by atoms with Gasteiger partial charge in [-0.25, -0.2) is 9.97 Å². The zero-order chi connectivity index (χ0) is 12.8. The summed E-state index contributed by atoms with van der Waals surface area (Å²) in [6, 6.07) is 1.57. The van der Waals surface area contributed by atoms with E-state index < -0.39 is 0 Å². The van der Waals surface area contributed by atoms with E-state index in [9.17, 15) is 9.90 Å². The Morgan fingerprint density at radius 1 is 1.59 bits per heavy atom. The molecule has 1 aromatic heterocycles. The fourth-order valence-electron chi connectivity index (χ4n) is 1.30. The number of rotatable bonds is 5. The van der Waals surface area contributed by atoms with Gasteiger partial charge in [0, 0.05) is 12.2 Å². The van der Waals surface area contributed by atoms with Crippen LogP contribution in [-0.4, -0.2) is 33.6 Å². The largest absolute Gasteiger partial charge is 0.393 e. The van der Waals surface area contributed by atoms with E-state index in [-0.39, 0.29) is 23.0 Å². The van der Waals surface area contributed by atoms with Crippen molar-refractivity contribution in [3.63, 3.8) is 0 Å². The van der Waals surface area contributed by atoms with Crippen LogP contribution in [0.3, 0.4) is 0 Å². The van der Waals surface area contributed by atoms with Gasteiger partial charge in [-0.1, -0.05) is 6.92 Å². The molecule has 0 saturated carbocycles. The van der Waals surface area contributed by atoms with Crippen molar-refractivity contribution >= 4 is 17.5 Å². The lowest BCUT2D eigenvalue weighted by molar-refractivity contribution is 0.0936. The predicted octanol–water partition coefficient (Wildman–Crippen LogP) is 1.33. The van der Waals surface area contributed by atoms with E-state index in [1.165, 1.54) is 0 Å². The molecule has 0 bridgehead atoms. The molecule has 0 aliphatic heterocycles. The van der Waals surface area contributed by atoms with Crippen LogP contribution >= 0.6 is 11.6 Å². The molecule has 0 aliphatic rings. The van der Waals surface area contributed by atoms with Crippen molar-refractivity contribution in [3.05, 3.63) is 22.7 Å². The molecule has 94 valence electrons. The molecule has 1 aromatic rings. The molecular weight excluding hydrogens is 242 g/mol. The summed E-state index contributed by atoms with van der Waals surface area (Å²) in [5, 5.41) is 12.1. The smallest absolute Gasteiger partial charge is 0.270 e. The first-order chi connectivity index (χ1) is 8.02. The molecule has 0 aromatic carbocycles. The maximum atomic E-state index is 11.7. The molecule has 0 radical (unpaired) electrons. The van der Waals surface area contributed by atoms with Gasteiger partial charge in [0.25, 0.3) is 5.91 Å². The van der Waals surface area contributed by atoms with Gasteiger partial charge in [0.05, 0.1) is 6.10 Å². The normalized spacial score (nSPS) is 12.2. The molecule has 0 fully saturated rings. The Morgan fingerprint density at radius 3 is 2.88 bits per heavy atom. The first-order valence-corrected chi connectivity index (χ1v) is 5.88. The van der Waals surface area contributed by atoms with E-state index in [2.05, 4.69) is 15.3 Å². The fourth-order valence-corrected chi connectivity index (χ4v) is 1.52. The summed E-state index contributed by atoms with van der Waals surface area (Å²) < 4.78 is 0. The van der Waals surface area contributed by atoms with Crippen molar-refractivity contribution in [3.8, 4) is 0 Å². The maximum Gasteiger partial charge on any atom is 0.270 e. The van der Waals surface area contributed by atoms with Gasteiger partial charge < -0.3 is 10.4 Å². The number of nitrogens with zero attached hydrogens (tertiary/aromatic N) is 2. The summed E-state index contributed by atoms with van der Waals surface area (Å²) >= 11 is 5.66. The summed E-state index contributed by atoms with van der Waals surface area (Å²) in [5.41, 5.74) is 0.886. The minimum absolute atomic E-state index is 0.0590. The lowest BCUT2D eigenvalue weighted by atomic mass is 10.2. The number of hydrogen-bond acceptors (Lipinski definition) is 4. The number of amides is 1. The average molecular weight is 258 g/mol. The van der Waals surface area contributed by atoms with Gasteiger partial charge in [0.1, 0.15) is 5.69 Å². The Kier molecular flexibility index (Phi) is 5.31. The Hall–Kier alpha value is -1.20. The summed E-state index contributed by atoms with van der Waals surface area (Å²) in [7, 11) is 0. The molecule has 1 unspecified atom stereocenters. The topological polar surface area (TPSA) is 75.1 Å². The van der Waals surface area contributed by atoms with Crippen molar-refractivity contribution in [2.75, 3.05) is 6.54 Å². The minimum atomic E-state index is -0.383. The van der Waals surface area contributed by atoms with Crippen LogP contribution in [0.15, 0.2) is 6.07 Å². The zero-order valence-electron chi connectivity index (χ0n) is 9.90. The molecule has 1 atom stereocenters. The molecule has 1 amide bonds. The maximum absolute atomic E-state index is 11.7. The Balaban J connectivity index is 2.52. The van der Waals surface area contributed by atoms with Crippen LogP contribution in [0.25, 0.3) is 0 Å². The number of aryl methyl sites for hydroxylation is 1. The van der Waals surface area contributed by atoms with Gasteiger partial charge in [0.15, 0.2) is 0 Å². The van der Waals surface area contributed by atoms with Crippen molar-refractivity contribution in [1.82, 2.24) is 15.3 Å². The Bertz CT molecular complexity index is 378. The second-order valence-electron chi connectivity index (χ2n) is 3.77. The lowest BCUT2D eigenvalue weighted by Gasteiger charge is -2.08. The van der Waals surface area contributed by atoms with Crippen LogP contribution in [0.2, 0.25) is 5.28 Å². The number of aliphatic hydroxyl groups is 1. The second-order valence-corrected chi connectivity index (χ2v) is 4.11. The number of aromatic nitrogens is 2. The van der Waals surface area contributed by atoms with Crippen LogP contribution in [0.4, 0.5) is 0 Å².